The van der Waals surface area contributed by atoms with Gasteiger partial charge in [0.1, 0.15) is 5.82 Å². The summed E-state index contributed by atoms with van der Waals surface area (Å²) in [7, 11) is 0. The fourth-order valence-electron chi connectivity index (χ4n) is 1.91. The molecule has 18 heavy (non-hydrogen) atoms. The summed E-state index contributed by atoms with van der Waals surface area (Å²) in [5, 5.41) is 3.42. The monoisotopic (exact) mass is 304 g/mol. The van der Waals surface area contributed by atoms with Gasteiger partial charge in [0.05, 0.1) is 0 Å². The third-order valence-corrected chi connectivity index (χ3v) is 3.31. The predicted octanol–water partition coefficient (Wildman–Crippen LogP) is 5.02. The first-order chi connectivity index (χ1) is 8.58. The zero-order valence-corrected chi connectivity index (χ0v) is 12.5. The lowest BCUT2D eigenvalue weighted by Crippen LogP contribution is -2.00. The second-order valence-electron chi connectivity index (χ2n) is 4.69. The van der Waals surface area contributed by atoms with Gasteiger partial charge in [-0.3, -0.25) is 0 Å². The van der Waals surface area contributed by atoms with Crippen molar-refractivity contribution in [3.8, 4) is 0 Å². The highest BCUT2D eigenvalue weighted by Crippen LogP contribution is 2.27. The van der Waals surface area contributed by atoms with E-state index in [-0.39, 0.29) is 0 Å². The summed E-state index contributed by atoms with van der Waals surface area (Å²) >= 11 is 3.43. The van der Waals surface area contributed by atoms with Gasteiger partial charge in [0, 0.05) is 16.4 Å². The van der Waals surface area contributed by atoms with Crippen molar-refractivity contribution in [1.29, 1.82) is 0 Å². The van der Waals surface area contributed by atoms with Crippen LogP contribution >= 0.6 is 15.9 Å². The first-order valence-corrected chi connectivity index (χ1v) is 6.85. The van der Waals surface area contributed by atoms with Crippen molar-refractivity contribution < 1.29 is 0 Å². The number of benzene rings is 1. The number of aromatic nitrogens is 1. The van der Waals surface area contributed by atoms with E-state index in [1.807, 2.05) is 12.3 Å². The van der Waals surface area contributed by atoms with Gasteiger partial charge in [-0.25, -0.2) is 4.98 Å². The van der Waals surface area contributed by atoms with Crippen LogP contribution in [0.25, 0.3) is 0 Å². The Bertz CT molecular complexity index is 550. The molecule has 1 N–H and O–H groups in total. The number of anilines is 2. The van der Waals surface area contributed by atoms with Crippen molar-refractivity contribution in [2.45, 2.75) is 26.7 Å². The molecular formula is C15H17BrN2. The Hall–Kier alpha value is -1.35. The van der Waals surface area contributed by atoms with Gasteiger partial charge in [-0.1, -0.05) is 32.0 Å². The summed E-state index contributed by atoms with van der Waals surface area (Å²) < 4.78 is 1.00. The van der Waals surface area contributed by atoms with E-state index in [1.54, 1.807) is 0 Å². The summed E-state index contributed by atoms with van der Waals surface area (Å²) in [4.78, 5) is 4.42. The molecule has 0 saturated heterocycles. The van der Waals surface area contributed by atoms with Gasteiger partial charge in [0.15, 0.2) is 0 Å². The Morgan fingerprint density at radius 3 is 2.61 bits per heavy atom. The molecule has 0 fully saturated rings. The maximum atomic E-state index is 4.42. The predicted molar refractivity (Wildman–Crippen MR) is 80.5 cm³/mol. The molecule has 1 aromatic carbocycles. The Balaban J connectivity index is 2.34. The molecule has 2 rings (SSSR count). The SMILES string of the molecule is Cc1cc(Br)cnc1Nc1ccccc1C(C)C. The number of rotatable bonds is 3. The van der Waals surface area contributed by atoms with E-state index >= 15 is 0 Å². The molecule has 1 aromatic heterocycles. The molecule has 0 saturated carbocycles. The zero-order chi connectivity index (χ0) is 13.1. The van der Waals surface area contributed by atoms with Gasteiger partial charge in [0.2, 0.25) is 0 Å². The van der Waals surface area contributed by atoms with Gasteiger partial charge >= 0.3 is 0 Å². The summed E-state index contributed by atoms with van der Waals surface area (Å²) in [6.07, 6.45) is 1.81. The van der Waals surface area contributed by atoms with Gasteiger partial charge < -0.3 is 5.32 Å². The van der Waals surface area contributed by atoms with Crippen LogP contribution in [0.2, 0.25) is 0 Å². The van der Waals surface area contributed by atoms with E-state index < -0.39 is 0 Å². The average molecular weight is 305 g/mol. The smallest absolute Gasteiger partial charge is 0.133 e. The highest BCUT2D eigenvalue weighted by Gasteiger charge is 2.07. The van der Waals surface area contributed by atoms with Crippen LogP contribution in [-0.4, -0.2) is 4.98 Å². The van der Waals surface area contributed by atoms with Crippen molar-refractivity contribution in [2.24, 2.45) is 0 Å². The lowest BCUT2D eigenvalue weighted by atomic mass is 10.0. The molecule has 0 aliphatic carbocycles. The molecule has 94 valence electrons. The number of nitrogens with zero attached hydrogens (tertiary/aromatic N) is 1. The van der Waals surface area contributed by atoms with E-state index in [0.29, 0.717) is 5.92 Å². The van der Waals surface area contributed by atoms with Crippen LogP contribution in [0.4, 0.5) is 11.5 Å². The third-order valence-electron chi connectivity index (χ3n) is 2.88. The number of hydrogen-bond acceptors (Lipinski definition) is 2. The first kappa shape index (κ1) is 13.1. The first-order valence-electron chi connectivity index (χ1n) is 6.06. The minimum atomic E-state index is 0.490. The van der Waals surface area contributed by atoms with Crippen LogP contribution in [0.3, 0.4) is 0 Å². The van der Waals surface area contributed by atoms with Crippen molar-refractivity contribution in [3.05, 3.63) is 52.1 Å². The Kier molecular flexibility index (Phi) is 4.02. The molecule has 0 bridgehead atoms. The van der Waals surface area contributed by atoms with Gasteiger partial charge in [0.25, 0.3) is 0 Å². The molecule has 0 atom stereocenters. The van der Waals surface area contributed by atoms with E-state index in [9.17, 15) is 0 Å². The van der Waals surface area contributed by atoms with E-state index in [2.05, 4.69) is 71.3 Å². The fraction of sp³-hybridized carbons (Fsp3) is 0.267. The molecule has 3 heteroatoms. The van der Waals surface area contributed by atoms with Crippen LogP contribution in [-0.2, 0) is 0 Å². The number of pyridine rings is 1. The fourth-order valence-corrected chi connectivity index (χ4v) is 2.36. The third kappa shape index (κ3) is 2.91. The molecule has 0 aliphatic rings. The minimum Gasteiger partial charge on any atom is -0.340 e. The number of nitrogens with one attached hydrogen (secondary N) is 1. The molecular weight excluding hydrogens is 288 g/mol. The second kappa shape index (κ2) is 5.53. The van der Waals surface area contributed by atoms with E-state index in [0.717, 1.165) is 21.5 Å². The van der Waals surface area contributed by atoms with Crippen molar-refractivity contribution in [2.75, 3.05) is 5.32 Å². The lowest BCUT2D eigenvalue weighted by molar-refractivity contribution is 0.869. The summed E-state index contributed by atoms with van der Waals surface area (Å²) in [5.74, 6) is 1.40. The molecule has 2 aromatic rings. The highest BCUT2D eigenvalue weighted by atomic mass is 79.9. The number of aryl methyl sites for hydroxylation is 1. The second-order valence-corrected chi connectivity index (χ2v) is 5.60. The molecule has 0 unspecified atom stereocenters. The molecule has 0 amide bonds. The van der Waals surface area contributed by atoms with Crippen molar-refractivity contribution >= 4 is 27.4 Å². The van der Waals surface area contributed by atoms with Gasteiger partial charge in [-0.2, -0.15) is 0 Å². The maximum absolute atomic E-state index is 4.42. The Morgan fingerprint density at radius 1 is 1.22 bits per heavy atom. The lowest BCUT2D eigenvalue weighted by Gasteiger charge is -2.15. The largest absolute Gasteiger partial charge is 0.340 e. The standard InChI is InChI=1S/C15H17BrN2/c1-10(2)13-6-4-5-7-14(13)18-15-11(3)8-12(16)9-17-15/h4-10H,1-3H3,(H,17,18). The number of hydrogen-bond donors (Lipinski definition) is 1. The Morgan fingerprint density at radius 2 is 1.94 bits per heavy atom. The molecule has 1 heterocycles. The van der Waals surface area contributed by atoms with Crippen LogP contribution in [0.1, 0.15) is 30.9 Å². The highest BCUT2D eigenvalue weighted by molar-refractivity contribution is 9.10. The van der Waals surface area contributed by atoms with Crippen LogP contribution in [0.5, 0.6) is 0 Å². The quantitative estimate of drug-likeness (QED) is 0.861. The molecule has 0 aliphatic heterocycles. The van der Waals surface area contributed by atoms with Gasteiger partial charge in [-0.05, 0) is 52.0 Å². The summed E-state index contributed by atoms with van der Waals surface area (Å²) in [5.41, 5.74) is 3.56. The average Bonchev–Trinajstić information content (AvgIpc) is 2.33. The molecule has 0 radical (unpaired) electrons. The van der Waals surface area contributed by atoms with Crippen LogP contribution in [0, 0.1) is 6.92 Å². The van der Waals surface area contributed by atoms with Gasteiger partial charge in [-0.15, -0.1) is 0 Å². The van der Waals surface area contributed by atoms with E-state index in [1.165, 1.54) is 5.56 Å². The summed E-state index contributed by atoms with van der Waals surface area (Å²) in [6.45, 7) is 6.45. The molecule has 2 nitrogen and oxygen atoms in total. The Labute approximate surface area is 117 Å². The van der Waals surface area contributed by atoms with Crippen LogP contribution < -0.4 is 5.32 Å². The van der Waals surface area contributed by atoms with Crippen molar-refractivity contribution in [3.63, 3.8) is 0 Å². The minimum absolute atomic E-state index is 0.490. The summed E-state index contributed by atoms with van der Waals surface area (Å²) in [6, 6.07) is 10.4. The normalized spacial score (nSPS) is 10.7. The van der Waals surface area contributed by atoms with Crippen molar-refractivity contribution in [1.82, 2.24) is 4.98 Å². The number of halogens is 1. The van der Waals surface area contributed by atoms with E-state index in [4.69, 9.17) is 0 Å². The molecule has 0 spiro atoms. The van der Waals surface area contributed by atoms with Crippen LogP contribution in [0.15, 0.2) is 41.0 Å². The number of para-hydroxylation sites is 1. The zero-order valence-electron chi connectivity index (χ0n) is 10.9. The topological polar surface area (TPSA) is 24.9 Å². The maximum Gasteiger partial charge on any atom is 0.133 e.